The molecule has 6 heteroatoms. The van der Waals surface area contributed by atoms with Crippen molar-refractivity contribution in [3.05, 3.63) is 58.2 Å². The van der Waals surface area contributed by atoms with Crippen LogP contribution in [0.2, 0.25) is 5.02 Å². The number of hydrogen-bond donors (Lipinski definition) is 1. The lowest BCUT2D eigenvalue weighted by atomic mass is 10.1. The summed E-state index contributed by atoms with van der Waals surface area (Å²) in [5.41, 5.74) is 3.54. The van der Waals surface area contributed by atoms with E-state index in [-0.39, 0.29) is 0 Å². The molecule has 1 N–H and O–H groups in total. The molecule has 0 aliphatic carbocycles. The Hall–Kier alpha value is -2.62. The number of fused-ring (bicyclic) bond motifs is 1. The van der Waals surface area contributed by atoms with Gasteiger partial charge in [-0.05, 0) is 43.4 Å². The van der Waals surface area contributed by atoms with Crippen LogP contribution in [0.15, 0.2) is 46.6 Å². The fourth-order valence-corrected chi connectivity index (χ4v) is 3.13. The van der Waals surface area contributed by atoms with Crippen molar-refractivity contribution in [1.82, 2.24) is 15.0 Å². The Morgan fingerprint density at radius 1 is 1.22 bits per heavy atom. The van der Waals surface area contributed by atoms with Crippen molar-refractivity contribution in [1.29, 1.82) is 0 Å². The van der Waals surface area contributed by atoms with Gasteiger partial charge in [-0.25, -0.2) is 9.98 Å². The van der Waals surface area contributed by atoms with Gasteiger partial charge >= 0.3 is 0 Å². The molecule has 3 rings (SSSR count). The van der Waals surface area contributed by atoms with Gasteiger partial charge in [-0.1, -0.05) is 37.6 Å². The van der Waals surface area contributed by atoms with Crippen LogP contribution in [0.5, 0.6) is 5.88 Å². The van der Waals surface area contributed by atoms with Gasteiger partial charge in [-0.15, -0.1) is 0 Å². The van der Waals surface area contributed by atoms with Crippen molar-refractivity contribution in [3.8, 4) is 5.88 Å². The second kappa shape index (κ2) is 8.85. The minimum Gasteiger partial charge on any atom is -0.477 e. The third-order valence-electron chi connectivity index (χ3n) is 4.11. The number of aryl methyl sites for hydroxylation is 1. The SMILES string of the molecule is CCC=CC1=CC=C(Cc2nc(OCC)c3c(Cl)c(CC)[nH]c3n2)C=C=N1. The molecular formula is C21H23ClN4O. The maximum absolute atomic E-state index is 6.48. The maximum atomic E-state index is 6.48. The van der Waals surface area contributed by atoms with E-state index >= 15 is 0 Å². The Balaban J connectivity index is 1.96. The van der Waals surface area contributed by atoms with Crippen LogP contribution >= 0.6 is 11.6 Å². The zero-order valence-electron chi connectivity index (χ0n) is 15.8. The molecule has 2 aromatic rings. The molecule has 140 valence electrons. The lowest BCUT2D eigenvalue weighted by Crippen LogP contribution is -2.02. The first kappa shape index (κ1) is 19.2. The Bertz CT molecular complexity index is 991. The summed E-state index contributed by atoms with van der Waals surface area (Å²) in [7, 11) is 0. The minimum absolute atomic E-state index is 0.514. The minimum atomic E-state index is 0.514. The fraction of sp³-hybridized carbons (Fsp3) is 0.333. The Morgan fingerprint density at radius 2 is 2.07 bits per heavy atom. The number of aromatic amines is 1. The standard InChI is InChI=1S/C21H23ClN4O/c1-4-7-8-15-10-9-14(11-12-23-15)13-17-25-20-18(21(26-17)27-6-3)19(22)16(5-2)24-20/h7-11H,4-6,13H2,1-3H3,(H,24,25,26). The predicted molar refractivity (Wildman–Crippen MR) is 111 cm³/mol. The van der Waals surface area contributed by atoms with E-state index in [0.29, 0.717) is 35.4 Å². The molecule has 3 heterocycles. The van der Waals surface area contributed by atoms with Gasteiger partial charge in [0.1, 0.15) is 11.5 Å². The Kier molecular flexibility index (Phi) is 6.28. The first-order chi connectivity index (χ1) is 13.2. The van der Waals surface area contributed by atoms with E-state index in [1.54, 1.807) is 0 Å². The number of H-pyrrole nitrogens is 1. The average Bonchev–Trinajstić information content (AvgIpc) is 2.83. The third kappa shape index (κ3) is 4.38. The van der Waals surface area contributed by atoms with Crippen LogP contribution < -0.4 is 4.74 Å². The normalized spacial score (nSPS) is 13.9. The van der Waals surface area contributed by atoms with Crippen molar-refractivity contribution in [2.24, 2.45) is 4.99 Å². The van der Waals surface area contributed by atoms with E-state index < -0.39 is 0 Å². The van der Waals surface area contributed by atoms with Crippen molar-refractivity contribution < 1.29 is 4.74 Å². The van der Waals surface area contributed by atoms with Gasteiger partial charge in [0.25, 0.3) is 0 Å². The molecule has 2 aromatic heterocycles. The van der Waals surface area contributed by atoms with Gasteiger partial charge in [-0.2, -0.15) is 4.98 Å². The molecule has 0 unspecified atom stereocenters. The van der Waals surface area contributed by atoms with E-state index in [2.05, 4.69) is 38.8 Å². The zero-order chi connectivity index (χ0) is 19.2. The van der Waals surface area contributed by atoms with E-state index in [4.69, 9.17) is 16.3 Å². The molecule has 0 atom stereocenters. The number of ether oxygens (including phenoxy) is 1. The van der Waals surface area contributed by atoms with E-state index in [0.717, 1.165) is 35.2 Å². The molecule has 1 aliphatic heterocycles. The van der Waals surface area contributed by atoms with Crippen molar-refractivity contribution in [2.75, 3.05) is 6.61 Å². The quantitative estimate of drug-likeness (QED) is 0.721. The highest BCUT2D eigenvalue weighted by molar-refractivity contribution is 6.36. The average molecular weight is 383 g/mol. The van der Waals surface area contributed by atoms with Crippen molar-refractivity contribution in [3.63, 3.8) is 0 Å². The highest BCUT2D eigenvalue weighted by Gasteiger charge is 2.17. The van der Waals surface area contributed by atoms with Gasteiger partial charge in [0.05, 0.1) is 22.7 Å². The summed E-state index contributed by atoms with van der Waals surface area (Å²) in [6.45, 7) is 6.58. The predicted octanol–water partition coefficient (Wildman–Crippen LogP) is 5.13. The van der Waals surface area contributed by atoms with Gasteiger partial charge < -0.3 is 9.72 Å². The molecule has 0 spiro atoms. The summed E-state index contributed by atoms with van der Waals surface area (Å²) in [5, 5.41) is 1.39. The van der Waals surface area contributed by atoms with Gasteiger partial charge in [0, 0.05) is 18.2 Å². The second-order valence-electron chi connectivity index (χ2n) is 6.08. The molecule has 0 fully saturated rings. The molecule has 0 bridgehead atoms. The van der Waals surface area contributed by atoms with Crippen LogP contribution in [0.25, 0.3) is 11.0 Å². The van der Waals surface area contributed by atoms with Crippen LogP contribution in [-0.2, 0) is 12.8 Å². The Morgan fingerprint density at radius 3 is 2.81 bits per heavy atom. The molecule has 0 saturated heterocycles. The highest BCUT2D eigenvalue weighted by atomic mass is 35.5. The molecule has 0 amide bonds. The molecule has 1 aliphatic rings. The number of hydrogen-bond acceptors (Lipinski definition) is 4. The van der Waals surface area contributed by atoms with Gasteiger partial charge in [0.15, 0.2) is 0 Å². The second-order valence-corrected chi connectivity index (χ2v) is 6.46. The summed E-state index contributed by atoms with van der Waals surface area (Å²) in [4.78, 5) is 16.8. The first-order valence-electron chi connectivity index (χ1n) is 9.22. The van der Waals surface area contributed by atoms with Crippen LogP contribution in [0.3, 0.4) is 0 Å². The summed E-state index contributed by atoms with van der Waals surface area (Å²) < 4.78 is 5.73. The Labute approximate surface area is 164 Å². The molecule has 5 nitrogen and oxygen atoms in total. The van der Waals surface area contributed by atoms with Crippen LogP contribution in [-0.4, -0.2) is 27.4 Å². The van der Waals surface area contributed by atoms with Gasteiger partial charge in [0.2, 0.25) is 5.88 Å². The number of rotatable bonds is 7. The number of nitrogens with one attached hydrogen (secondary N) is 1. The highest BCUT2D eigenvalue weighted by Crippen LogP contribution is 2.33. The first-order valence-corrected chi connectivity index (χ1v) is 9.60. The number of allylic oxidation sites excluding steroid dienone is 6. The van der Waals surface area contributed by atoms with Crippen molar-refractivity contribution >= 4 is 28.5 Å². The topological polar surface area (TPSA) is 63.2 Å². The van der Waals surface area contributed by atoms with Crippen LogP contribution in [0.4, 0.5) is 0 Å². The smallest absolute Gasteiger partial charge is 0.227 e. The maximum Gasteiger partial charge on any atom is 0.227 e. The molecular weight excluding hydrogens is 360 g/mol. The lowest BCUT2D eigenvalue weighted by molar-refractivity contribution is 0.330. The van der Waals surface area contributed by atoms with E-state index in [9.17, 15) is 0 Å². The lowest BCUT2D eigenvalue weighted by Gasteiger charge is -2.07. The number of halogens is 1. The molecule has 0 saturated carbocycles. The zero-order valence-corrected chi connectivity index (χ0v) is 16.6. The fourth-order valence-electron chi connectivity index (χ4n) is 2.78. The summed E-state index contributed by atoms with van der Waals surface area (Å²) in [6, 6.07) is 0. The largest absolute Gasteiger partial charge is 0.477 e. The number of aliphatic imine (C=N–C) groups is 1. The monoisotopic (exact) mass is 382 g/mol. The summed E-state index contributed by atoms with van der Waals surface area (Å²) in [6.07, 6.45) is 12.2. The molecule has 0 aromatic carbocycles. The van der Waals surface area contributed by atoms with E-state index in [1.165, 1.54) is 0 Å². The number of aromatic nitrogens is 3. The summed E-state index contributed by atoms with van der Waals surface area (Å²) >= 11 is 6.48. The van der Waals surface area contributed by atoms with Crippen molar-refractivity contribution in [2.45, 2.75) is 40.0 Å². The van der Waals surface area contributed by atoms with Crippen LogP contribution in [0.1, 0.15) is 38.7 Å². The molecule has 27 heavy (non-hydrogen) atoms. The number of nitrogens with zero attached hydrogens (tertiary/aromatic N) is 3. The third-order valence-corrected chi connectivity index (χ3v) is 4.53. The summed E-state index contributed by atoms with van der Waals surface area (Å²) in [5.74, 6) is 4.16. The van der Waals surface area contributed by atoms with E-state index in [1.807, 2.05) is 38.2 Å². The van der Waals surface area contributed by atoms with Gasteiger partial charge in [-0.3, -0.25) is 0 Å². The molecule has 0 radical (unpaired) electrons. The van der Waals surface area contributed by atoms with Crippen LogP contribution in [0, 0.1) is 0 Å².